The normalized spacial score (nSPS) is 10.8. The van der Waals surface area contributed by atoms with E-state index in [1.54, 1.807) is 18.3 Å². The molecule has 0 heterocycles. The number of hydrogen-bond acceptors (Lipinski definition) is 3. The number of halogens is 1. The molecular weight excluding hydrogens is 322 g/mol. The summed E-state index contributed by atoms with van der Waals surface area (Å²) in [7, 11) is 0. The molecule has 0 amide bonds. The molecule has 0 saturated carbocycles. The fourth-order valence-corrected chi connectivity index (χ4v) is 2.37. The van der Waals surface area contributed by atoms with E-state index in [4.69, 9.17) is 16.3 Å². The van der Waals surface area contributed by atoms with Crippen LogP contribution in [0.2, 0.25) is 5.02 Å². The van der Waals surface area contributed by atoms with Gasteiger partial charge in [0.2, 0.25) is 0 Å². The molecule has 24 heavy (non-hydrogen) atoms. The van der Waals surface area contributed by atoms with Crippen molar-refractivity contribution in [1.82, 2.24) is 0 Å². The number of rotatable bonds is 8. The number of carbonyl (C=O) groups excluding carboxylic acids is 1. The number of allylic oxidation sites excluding steroid dienone is 1. The van der Waals surface area contributed by atoms with Gasteiger partial charge in [0.15, 0.2) is 5.78 Å². The predicted octanol–water partition coefficient (Wildman–Crippen LogP) is 5.64. The second-order valence-electron chi connectivity index (χ2n) is 5.53. The monoisotopic (exact) mass is 343 g/mol. The van der Waals surface area contributed by atoms with Gasteiger partial charge in [0.25, 0.3) is 0 Å². The molecule has 0 aliphatic heterocycles. The number of ether oxygens (including phenoxy) is 1. The highest BCUT2D eigenvalue weighted by Crippen LogP contribution is 2.19. The molecule has 0 radical (unpaired) electrons. The van der Waals surface area contributed by atoms with Crippen molar-refractivity contribution in [3.63, 3.8) is 0 Å². The number of anilines is 1. The maximum Gasteiger partial charge on any atom is 0.187 e. The summed E-state index contributed by atoms with van der Waals surface area (Å²) < 4.78 is 5.59. The quantitative estimate of drug-likeness (QED) is 0.383. The Morgan fingerprint density at radius 2 is 1.96 bits per heavy atom. The van der Waals surface area contributed by atoms with E-state index in [-0.39, 0.29) is 5.78 Å². The first-order valence-electron chi connectivity index (χ1n) is 8.06. The van der Waals surface area contributed by atoms with Crippen molar-refractivity contribution < 1.29 is 9.53 Å². The highest BCUT2D eigenvalue weighted by molar-refractivity contribution is 6.30. The average molecular weight is 344 g/mol. The molecule has 4 heteroatoms. The van der Waals surface area contributed by atoms with Gasteiger partial charge in [0, 0.05) is 28.5 Å². The van der Waals surface area contributed by atoms with Crippen molar-refractivity contribution in [2.75, 3.05) is 11.9 Å². The van der Waals surface area contributed by atoms with Crippen LogP contribution in [0.1, 0.15) is 35.7 Å². The lowest BCUT2D eigenvalue weighted by molar-refractivity contribution is 0.104. The highest BCUT2D eigenvalue weighted by Gasteiger charge is 2.02. The van der Waals surface area contributed by atoms with E-state index in [1.807, 2.05) is 37.3 Å². The molecule has 2 rings (SSSR count). The Morgan fingerprint density at radius 3 is 2.62 bits per heavy atom. The van der Waals surface area contributed by atoms with E-state index in [9.17, 15) is 4.79 Å². The third-order valence-electron chi connectivity index (χ3n) is 3.57. The van der Waals surface area contributed by atoms with Crippen LogP contribution in [0.15, 0.2) is 54.7 Å². The van der Waals surface area contributed by atoms with E-state index in [0.717, 1.165) is 29.8 Å². The fourth-order valence-electron chi connectivity index (χ4n) is 2.14. The van der Waals surface area contributed by atoms with Crippen molar-refractivity contribution in [3.05, 3.63) is 70.9 Å². The zero-order valence-corrected chi connectivity index (χ0v) is 14.8. The van der Waals surface area contributed by atoms with Crippen molar-refractivity contribution in [1.29, 1.82) is 0 Å². The molecule has 2 aromatic carbocycles. The zero-order valence-electron chi connectivity index (χ0n) is 14.0. The van der Waals surface area contributed by atoms with Crippen molar-refractivity contribution >= 4 is 23.1 Å². The van der Waals surface area contributed by atoms with Crippen LogP contribution in [-0.4, -0.2) is 12.4 Å². The van der Waals surface area contributed by atoms with Crippen LogP contribution in [0, 0.1) is 6.92 Å². The van der Waals surface area contributed by atoms with Crippen LogP contribution in [-0.2, 0) is 0 Å². The van der Waals surface area contributed by atoms with Crippen LogP contribution >= 0.6 is 11.6 Å². The molecule has 0 bridgehead atoms. The van der Waals surface area contributed by atoms with E-state index in [1.165, 1.54) is 6.08 Å². The van der Waals surface area contributed by atoms with Crippen molar-refractivity contribution in [3.8, 4) is 5.75 Å². The van der Waals surface area contributed by atoms with Crippen molar-refractivity contribution in [2.24, 2.45) is 0 Å². The van der Waals surface area contributed by atoms with Gasteiger partial charge in [-0.2, -0.15) is 0 Å². The Kier molecular flexibility index (Phi) is 6.89. The topological polar surface area (TPSA) is 38.3 Å². The molecule has 0 atom stereocenters. The minimum absolute atomic E-state index is 0.0609. The molecular formula is C20H22ClNO2. The predicted molar refractivity (Wildman–Crippen MR) is 100 cm³/mol. The van der Waals surface area contributed by atoms with E-state index in [2.05, 4.69) is 12.2 Å². The molecule has 0 unspecified atom stereocenters. The van der Waals surface area contributed by atoms with E-state index < -0.39 is 0 Å². The second-order valence-corrected chi connectivity index (χ2v) is 5.96. The fraction of sp³-hybridized carbons (Fsp3) is 0.250. The first kappa shape index (κ1) is 18.1. The summed E-state index contributed by atoms with van der Waals surface area (Å²) in [6.45, 7) is 4.78. The molecule has 0 aromatic heterocycles. The number of aryl methyl sites for hydroxylation is 1. The molecule has 0 spiro atoms. The van der Waals surface area contributed by atoms with Crippen LogP contribution in [0.25, 0.3) is 0 Å². The SMILES string of the molecule is CCCCOc1ccc(C(=O)/C=C/Nc2ccc(Cl)cc2C)cc1. The van der Waals surface area contributed by atoms with Crippen LogP contribution in [0.4, 0.5) is 5.69 Å². The Morgan fingerprint density at radius 1 is 1.21 bits per heavy atom. The summed E-state index contributed by atoms with van der Waals surface area (Å²) in [5.74, 6) is 0.730. The summed E-state index contributed by atoms with van der Waals surface area (Å²) in [6.07, 6.45) is 5.28. The van der Waals surface area contributed by atoms with Gasteiger partial charge in [-0.15, -0.1) is 0 Å². The highest BCUT2D eigenvalue weighted by atomic mass is 35.5. The van der Waals surface area contributed by atoms with Gasteiger partial charge >= 0.3 is 0 Å². The second kappa shape index (κ2) is 9.14. The minimum Gasteiger partial charge on any atom is -0.494 e. The summed E-state index contributed by atoms with van der Waals surface area (Å²) in [5, 5.41) is 3.80. The largest absolute Gasteiger partial charge is 0.494 e. The summed E-state index contributed by atoms with van der Waals surface area (Å²) in [6, 6.07) is 12.8. The summed E-state index contributed by atoms with van der Waals surface area (Å²) >= 11 is 5.92. The third-order valence-corrected chi connectivity index (χ3v) is 3.80. The summed E-state index contributed by atoms with van der Waals surface area (Å²) in [4.78, 5) is 12.2. The van der Waals surface area contributed by atoms with Gasteiger partial charge in [-0.1, -0.05) is 24.9 Å². The lowest BCUT2D eigenvalue weighted by Crippen LogP contribution is -1.99. The van der Waals surface area contributed by atoms with Crippen LogP contribution < -0.4 is 10.1 Å². The Balaban J connectivity index is 1.91. The first-order valence-corrected chi connectivity index (χ1v) is 8.44. The third kappa shape index (κ3) is 5.43. The van der Waals surface area contributed by atoms with Gasteiger partial charge in [0.1, 0.15) is 5.75 Å². The number of unbranched alkanes of at least 4 members (excludes halogenated alkanes) is 1. The number of carbonyl (C=O) groups is 1. The van der Waals surface area contributed by atoms with E-state index >= 15 is 0 Å². The van der Waals surface area contributed by atoms with Gasteiger partial charge in [-0.05, 0) is 61.4 Å². The van der Waals surface area contributed by atoms with Gasteiger partial charge in [-0.3, -0.25) is 4.79 Å². The Bertz CT molecular complexity index is 708. The van der Waals surface area contributed by atoms with Gasteiger partial charge < -0.3 is 10.1 Å². The number of ketones is 1. The molecule has 2 aromatic rings. The standard InChI is InChI=1S/C20H22ClNO2/c1-3-4-13-24-18-8-5-16(6-9-18)20(23)11-12-22-19-10-7-17(21)14-15(19)2/h5-12,14,22H,3-4,13H2,1-2H3/b12-11+. The minimum atomic E-state index is -0.0609. The van der Waals surface area contributed by atoms with Crippen LogP contribution in [0.3, 0.4) is 0 Å². The van der Waals surface area contributed by atoms with Crippen LogP contribution in [0.5, 0.6) is 5.75 Å². The molecule has 0 fully saturated rings. The molecule has 3 nitrogen and oxygen atoms in total. The van der Waals surface area contributed by atoms with E-state index in [0.29, 0.717) is 17.2 Å². The lowest BCUT2D eigenvalue weighted by Gasteiger charge is -2.06. The Labute approximate surface area is 148 Å². The number of nitrogens with one attached hydrogen (secondary N) is 1. The first-order chi connectivity index (χ1) is 11.6. The van der Waals surface area contributed by atoms with Gasteiger partial charge in [-0.25, -0.2) is 0 Å². The maximum absolute atomic E-state index is 12.2. The molecule has 126 valence electrons. The molecule has 0 saturated heterocycles. The lowest BCUT2D eigenvalue weighted by atomic mass is 10.1. The summed E-state index contributed by atoms with van der Waals surface area (Å²) in [5.41, 5.74) is 2.57. The zero-order chi connectivity index (χ0) is 17.4. The molecule has 0 aliphatic rings. The maximum atomic E-state index is 12.2. The smallest absolute Gasteiger partial charge is 0.187 e. The van der Waals surface area contributed by atoms with Gasteiger partial charge in [0.05, 0.1) is 6.61 Å². The molecule has 0 aliphatic carbocycles. The average Bonchev–Trinajstić information content (AvgIpc) is 2.57. The van der Waals surface area contributed by atoms with Crippen molar-refractivity contribution in [2.45, 2.75) is 26.7 Å². The Hall–Kier alpha value is -2.26. The number of hydrogen-bond donors (Lipinski definition) is 1. The molecule has 1 N–H and O–H groups in total. The number of benzene rings is 2.